The zero-order chi connectivity index (χ0) is 41.9. The molecule has 0 saturated carbocycles. The van der Waals surface area contributed by atoms with Crippen molar-refractivity contribution in [3.05, 3.63) is 177 Å². The highest BCUT2D eigenvalue weighted by Gasteiger charge is 2.43. The highest BCUT2D eigenvalue weighted by molar-refractivity contribution is 7.59. The summed E-state index contributed by atoms with van der Waals surface area (Å²) in [5, 5.41) is 36.7. The summed E-state index contributed by atoms with van der Waals surface area (Å²) in [4.78, 5) is 43.5. The third-order valence-electron chi connectivity index (χ3n) is 11.1. The maximum Gasteiger partial charge on any atom is 0.347 e. The number of rotatable bonds is 17. The molecule has 1 fully saturated rings. The van der Waals surface area contributed by atoms with Crippen molar-refractivity contribution in [1.82, 2.24) is 15.2 Å². The van der Waals surface area contributed by atoms with Crippen molar-refractivity contribution < 1.29 is 34.4 Å². The van der Waals surface area contributed by atoms with Crippen LogP contribution in [0.3, 0.4) is 0 Å². The molecule has 5 N–H and O–H groups in total. The van der Waals surface area contributed by atoms with E-state index in [9.17, 15) is 29.7 Å². The van der Waals surface area contributed by atoms with Gasteiger partial charge >= 0.3 is 5.97 Å². The van der Waals surface area contributed by atoms with Gasteiger partial charge in [-0.15, -0.1) is 0 Å². The SMILES string of the molecule is O=C(NCCCOc1cccc([C@](O)(C(=O)OC2CCN(Cc3ccccc3)CC2)c2ccccc2)c1)c1ccc(CCC[C@H](O)c2ccc(O)c3[nH]c(=O)ccc23)cc1.S. The fourth-order valence-electron chi connectivity index (χ4n) is 7.75. The third kappa shape index (κ3) is 11.3. The number of fused-ring (bicyclic) bond motifs is 1. The summed E-state index contributed by atoms with van der Waals surface area (Å²) in [5.41, 5.74) is 2.13. The minimum absolute atomic E-state index is 0. The van der Waals surface area contributed by atoms with Crippen molar-refractivity contribution in [2.24, 2.45) is 0 Å². The molecule has 6 aromatic rings. The number of aromatic hydroxyl groups is 1. The normalized spacial score (nSPS) is 14.7. The zero-order valence-corrected chi connectivity index (χ0v) is 35.0. The number of ether oxygens (including phenoxy) is 2. The second-order valence-corrected chi connectivity index (χ2v) is 15.3. The smallest absolute Gasteiger partial charge is 0.347 e. The van der Waals surface area contributed by atoms with Crippen LogP contribution in [-0.2, 0) is 28.1 Å². The number of aliphatic hydroxyl groups excluding tert-OH is 1. The number of H-pyrrole nitrogens is 1. The molecule has 0 spiro atoms. The summed E-state index contributed by atoms with van der Waals surface area (Å²) >= 11 is 0. The number of aromatic nitrogens is 1. The Labute approximate surface area is 362 Å². The van der Waals surface area contributed by atoms with Crippen LogP contribution in [0.1, 0.15) is 76.4 Å². The minimum Gasteiger partial charge on any atom is -0.506 e. The highest BCUT2D eigenvalue weighted by atomic mass is 32.1. The summed E-state index contributed by atoms with van der Waals surface area (Å²) in [6.07, 6.45) is 2.65. The number of carbonyl (C=O) groups excluding carboxylic acids is 2. The Morgan fingerprint density at radius 1 is 0.820 bits per heavy atom. The van der Waals surface area contributed by atoms with E-state index in [4.69, 9.17) is 9.47 Å². The van der Waals surface area contributed by atoms with Crippen LogP contribution in [0, 0.1) is 0 Å². The summed E-state index contributed by atoms with van der Waals surface area (Å²) in [5.74, 6) is -0.494. The monoisotopic (exact) mass is 843 g/mol. The van der Waals surface area contributed by atoms with E-state index in [2.05, 4.69) is 27.3 Å². The summed E-state index contributed by atoms with van der Waals surface area (Å²) in [6.45, 7) is 3.09. The van der Waals surface area contributed by atoms with E-state index in [1.807, 2.05) is 36.4 Å². The lowest BCUT2D eigenvalue weighted by Gasteiger charge is -2.34. The van der Waals surface area contributed by atoms with Gasteiger partial charge < -0.3 is 35.1 Å². The number of aryl methyl sites for hydroxylation is 1. The molecule has 1 aliphatic rings. The first-order chi connectivity index (χ1) is 29.2. The van der Waals surface area contributed by atoms with Crippen molar-refractivity contribution in [2.45, 2.75) is 62.9 Å². The fourth-order valence-corrected chi connectivity index (χ4v) is 7.75. The lowest BCUT2D eigenvalue weighted by atomic mass is 9.86. The fraction of sp³-hybridized carbons (Fsp3) is 0.286. The van der Waals surface area contributed by atoms with Gasteiger partial charge in [-0.3, -0.25) is 14.5 Å². The molecule has 2 heterocycles. The Bertz CT molecular complexity index is 2420. The van der Waals surface area contributed by atoms with Gasteiger partial charge in [0.25, 0.3) is 5.91 Å². The largest absolute Gasteiger partial charge is 0.506 e. The Morgan fingerprint density at radius 3 is 2.26 bits per heavy atom. The van der Waals surface area contributed by atoms with Crippen LogP contribution >= 0.6 is 13.5 Å². The number of hydrogen-bond acceptors (Lipinski definition) is 9. The molecule has 0 bridgehead atoms. The van der Waals surface area contributed by atoms with Gasteiger partial charge in [-0.1, -0.05) is 91.0 Å². The highest BCUT2D eigenvalue weighted by Crippen LogP contribution is 2.35. The van der Waals surface area contributed by atoms with Gasteiger partial charge in [0.1, 0.15) is 17.6 Å². The number of nitrogens with one attached hydrogen (secondary N) is 2. The number of aromatic amines is 1. The molecule has 318 valence electrons. The van der Waals surface area contributed by atoms with E-state index in [1.54, 1.807) is 72.8 Å². The Kier molecular flexibility index (Phi) is 15.4. The van der Waals surface area contributed by atoms with Crippen LogP contribution in [0.15, 0.2) is 138 Å². The molecule has 1 aromatic heterocycles. The van der Waals surface area contributed by atoms with Gasteiger partial charge in [0.2, 0.25) is 11.2 Å². The van der Waals surface area contributed by atoms with Crippen LogP contribution in [0.25, 0.3) is 10.9 Å². The topological polar surface area (TPSA) is 161 Å². The number of hydrogen-bond donors (Lipinski definition) is 5. The maximum absolute atomic E-state index is 13.9. The second-order valence-electron chi connectivity index (χ2n) is 15.3. The van der Waals surface area contributed by atoms with Gasteiger partial charge in [-0.2, -0.15) is 13.5 Å². The average molecular weight is 844 g/mol. The van der Waals surface area contributed by atoms with Gasteiger partial charge in [0, 0.05) is 48.8 Å². The maximum atomic E-state index is 13.9. The van der Waals surface area contributed by atoms with Gasteiger partial charge in [-0.05, 0) is 97.2 Å². The molecule has 7 rings (SSSR count). The molecule has 2 atom stereocenters. The van der Waals surface area contributed by atoms with Crippen LogP contribution in [-0.4, -0.2) is 69.4 Å². The lowest BCUT2D eigenvalue weighted by molar-refractivity contribution is -0.170. The molecule has 1 amide bonds. The zero-order valence-electron chi connectivity index (χ0n) is 34.0. The second kappa shape index (κ2) is 21.0. The molecule has 1 saturated heterocycles. The van der Waals surface area contributed by atoms with E-state index in [0.29, 0.717) is 90.6 Å². The van der Waals surface area contributed by atoms with Gasteiger partial charge in [-0.25, -0.2) is 4.79 Å². The van der Waals surface area contributed by atoms with E-state index >= 15 is 0 Å². The first-order valence-electron chi connectivity index (χ1n) is 20.6. The molecular formula is C49H53N3O8S. The third-order valence-corrected chi connectivity index (χ3v) is 11.1. The molecule has 11 nitrogen and oxygen atoms in total. The summed E-state index contributed by atoms with van der Waals surface area (Å²) in [7, 11) is 0. The summed E-state index contributed by atoms with van der Waals surface area (Å²) < 4.78 is 12.0. The van der Waals surface area contributed by atoms with E-state index in [-0.39, 0.29) is 36.8 Å². The Morgan fingerprint density at radius 2 is 1.52 bits per heavy atom. The Hall–Kier alpha value is -5.92. The van der Waals surface area contributed by atoms with Crippen molar-refractivity contribution in [2.75, 3.05) is 26.2 Å². The molecule has 1 aliphatic heterocycles. The Balaban J connectivity index is 0.00000622. The number of piperidine rings is 1. The summed E-state index contributed by atoms with van der Waals surface area (Å²) in [6, 6.07) is 39.5. The number of esters is 1. The van der Waals surface area contributed by atoms with E-state index in [1.165, 1.54) is 17.7 Å². The predicted molar refractivity (Wildman–Crippen MR) is 240 cm³/mol. The predicted octanol–water partition coefficient (Wildman–Crippen LogP) is 7.05. The standard InChI is InChI=1S/C49H51N3O8.H2S/c53-43(41-22-24-44(54)46-42(41)23-25-45(55)51-46)17-7-12-34-18-20-36(21-19-34)47(56)50-28-9-31-59-40-16-8-15-38(32-40)49(58,37-13-5-2-6-14-37)48(57)60-39-26-29-52(30-27-39)33-35-10-3-1-4-11-35;/h1-6,8,10-11,13-16,18-25,32,39,43,53-54,58H,7,9,12,17,26-31,33H2,(H,50,56)(H,51,55);1H2/t43-,49-;/m0./s1. The first kappa shape index (κ1) is 44.6. The number of amides is 1. The van der Waals surface area contributed by atoms with Gasteiger partial charge in [0.05, 0.1) is 18.2 Å². The molecule has 12 heteroatoms. The number of aliphatic hydroxyl groups is 2. The number of benzene rings is 5. The van der Waals surface area contributed by atoms with Crippen LogP contribution < -0.4 is 15.6 Å². The number of carbonyl (C=O) groups is 2. The molecule has 0 radical (unpaired) electrons. The van der Waals surface area contributed by atoms with E-state index < -0.39 is 17.7 Å². The number of pyridine rings is 1. The lowest BCUT2D eigenvalue weighted by Crippen LogP contribution is -2.43. The number of phenols is 1. The van der Waals surface area contributed by atoms with Crippen LogP contribution in [0.2, 0.25) is 0 Å². The number of phenolic OH excluding ortho intramolecular Hbond substituents is 1. The molecule has 0 unspecified atom stereocenters. The minimum atomic E-state index is -2.04. The van der Waals surface area contributed by atoms with Crippen molar-refractivity contribution in [3.8, 4) is 11.5 Å². The molecule has 0 aliphatic carbocycles. The van der Waals surface area contributed by atoms with Crippen LogP contribution in [0.4, 0.5) is 0 Å². The molecular weight excluding hydrogens is 791 g/mol. The average Bonchev–Trinajstić information content (AvgIpc) is 3.27. The van der Waals surface area contributed by atoms with Gasteiger partial charge in [0.15, 0.2) is 0 Å². The van der Waals surface area contributed by atoms with Crippen molar-refractivity contribution in [3.63, 3.8) is 0 Å². The first-order valence-corrected chi connectivity index (χ1v) is 20.6. The van der Waals surface area contributed by atoms with Crippen molar-refractivity contribution >= 4 is 36.3 Å². The van der Waals surface area contributed by atoms with E-state index in [0.717, 1.165) is 25.2 Å². The molecule has 5 aromatic carbocycles. The van der Waals surface area contributed by atoms with Crippen LogP contribution in [0.5, 0.6) is 11.5 Å². The molecule has 61 heavy (non-hydrogen) atoms. The number of nitrogens with zero attached hydrogens (tertiary/aromatic N) is 1. The quantitative estimate of drug-likeness (QED) is 0.0479. The number of likely N-dealkylation sites (tertiary alicyclic amines) is 1. The van der Waals surface area contributed by atoms with Crippen molar-refractivity contribution in [1.29, 1.82) is 0 Å².